The first-order valence-corrected chi connectivity index (χ1v) is 7.09. The zero-order valence-electron chi connectivity index (χ0n) is 8.61. The Morgan fingerprint density at radius 1 is 1.21 bits per heavy atom. The van der Waals surface area contributed by atoms with Crippen molar-refractivity contribution in [3.8, 4) is 0 Å². The summed E-state index contributed by atoms with van der Waals surface area (Å²) in [5.41, 5.74) is 0. The van der Waals surface area contributed by atoms with Crippen LogP contribution in [0.25, 0.3) is 0 Å². The molecular formula is C12H19NS. The summed E-state index contributed by atoms with van der Waals surface area (Å²) in [5.74, 6) is 4.64. The molecule has 0 aromatic rings. The van der Waals surface area contributed by atoms with Gasteiger partial charge < -0.3 is 5.32 Å². The largest absolute Gasteiger partial charge is 0.311 e. The third-order valence-electron chi connectivity index (χ3n) is 4.03. The Kier molecular flexibility index (Phi) is 2.59. The highest BCUT2D eigenvalue weighted by atomic mass is 32.2. The van der Waals surface area contributed by atoms with Gasteiger partial charge in [-0.1, -0.05) is 12.2 Å². The Bertz CT molecular complexity index is 232. The van der Waals surface area contributed by atoms with Crippen molar-refractivity contribution in [1.29, 1.82) is 0 Å². The highest BCUT2D eigenvalue weighted by Crippen LogP contribution is 2.43. The third-order valence-corrected chi connectivity index (χ3v) is 5.08. The monoisotopic (exact) mass is 209 g/mol. The zero-order valence-corrected chi connectivity index (χ0v) is 9.43. The van der Waals surface area contributed by atoms with Gasteiger partial charge >= 0.3 is 0 Å². The minimum atomic E-state index is 0.826. The summed E-state index contributed by atoms with van der Waals surface area (Å²) in [7, 11) is 0. The Labute approximate surface area is 90.7 Å². The first-order valence-electron chi connectivity index (χ1n) is 5.94. The number of thioether (sulfide) groups is 1. The van der Waals surface area contributed by atoms with Gasteiger partial charge in [0.2, 0.25) is 0 Å². The highest BCUT2D eigenvalue weighted by molar-refractivity contribution is 7.99. The van der Waals surface area contributed by atoms with Crippen molar-refractivity contribution >= 4 is 11.8 Å². The number of nitrogens with one attached hydrogen (secondary N) is 1. The van der Waals surface area contributed by atoms with Crippen LogP contribution in [0.5, 0.6) is 0 Å². The molecule has 2 fully saturated rings. The lowest BCUT2D eigenvalue weighted by atomic mass is 9.71. The summed E-state index contributed by atoms with van der Waals surface area (Å²) in [6.45, 7) is 0. The Balaban J connectivity index is 1.50. The van der Waals surface area contributed by atoms with Crippen LogP contribution in [0.4, 0.5) is 0 Å². The molecule has 3 atom stereocenters. The summed E-state index contributed by atoms with van der Waals surface area (Å²) < 4.78 is 0. The van der Waals surface area contributed by atoms with Gasteiger partial charge in [-0.3, -0.25) is 0 Å². The van der Waals surface area contributed by atoms with E-state index in [-0.39, 0.29) is 0 Å². The van der Waals surface area contributed by atoms with Crippen LogP contribution in [0.2, 0.25) is 0 Å². The first kappa shape index (κ1) is 9.29. The van der Waals surface area contributed by atoms with E-state index >= 15 is 0 Å². The molecule has 78 valence electrons. The fraction of sp³-hybridized carbons (Fsp3) is 0.833. The van der Waals surface area contributed by atoms with E-state index in [1.54, 1.807) is 0 Å². The molecule has 0 radical (unpaired) electrons. The van der Waals surface area contributed by atoms with E-state index in [9.17, 15) is 0 Å². The average Bonchev–Trinajstić information content (AvgIpc) is 2.58. The van der Waals surface area contributed by atoms with Gasteiger partial charge in [0, 0.05) is 12.1 Å². The molecule has 0 aromatic carbocycles. The molecule has 3 aliphatic rings. The zero-order chi connectivity index (χ0) is 9.38. The number of hydrogen-bond donors (Lipinski definition) is 1. The van der Waals surface area contributed by atoms with Crippen molar-refractivity contribution in [2.45, 2.75) is 37.8 Å². The van der Waals surface area contributed by atoms with Crippen molar-refractivity contribution < 1.29 is 0 Å². The number of fused-ring (bicyclic) bond motifs is 1. The third kappa shape index (κ3) is 1.63. The van der Waals surface area contributed by atoms with Gasteiger partial charge in [-0.25, -0.2) is 0 Å². The second-order valence-corrected chi connectivity index (χ2v) is 6.12. The molecule has 14 heavy (non-hydrogen) atoms. The van der Waals surface area contributed by atoms with Gasteiger partial charge in [0.25, 0.3) is 0 Å². The Hall–Kier alpha value is 0.0500. The standard InChI is InChI=1S/C12H19NS/c1-2-9-8-12(11(9)3-1)13-10-4-6-14-7-5-10/h1,3,9-13H,2,4-8H2. The molecule has 1 heterocycles. The lowest BCUT2D eigenvalue weighted by Crippen LogP contribution is -2.52. The van der Waals surface area contributed by atoms with Gasteiger partial charge in [-0.05, 0) is 49.0 Å². The van der Waals surface area contributed by atoms with Crippen molar-refractivity contribution in [2.24, 2.45) is 11.8 Å². The summed E-state index contributed by atoms with van der Waals surface area (Å²) in [6, 6.07) is 1.66. The predicted molar refractivity (Wildman–Crippen MR) is 62.6 cm³/mol. The summed E-state index contributed by atoms with van der Waals surface area (Å²) in [6.07, 6.45) is 10.4. The minimum Gasteiger partial charge on any atom is -0.311 e. The molecule has 1 saturated heterocycles. The van der Waals surface area contributed by atoms with Crippen LogP contribution in [0.3, 0.4) is 0 Å². The first-order chi connectivity index (χ1) is 6.93. The molecule has 2 aliphatic carbocycles. The number of rotatable bonds is 2. The molecule has 0 spiro atoms. The topological polar surface area (TPSA) is 12.0 Å². The molecule has 0 bridgehead atoms. The molecule has 1 nitrogen and oxygen atoms in total. The van der Waals surface area contributed by atoms with Gasteiger partial charge in [-0.15, -0.1) is 0 Å². The lowest BCUT2D eigenvalue weighted by Gasteiger charge is -2.43. The minimum absolute atomic E-state index is 0.826. The van der Waals surface area contributed by atoms with Crippen LogP contribution in [0.1, 0.15) is 25.7 Å². The maximum Gasteiger partial charge on any atom is 0.0138 e. The molecule has 0 amide bonds. The fourth-order valence-electron chi connectivity index (χ4n) is 3.07. The summed E-state index contributed by atoms with van der Waals surface area (Å²) in [4.78, 5) is 0. The molecule has 2 heteroatoms. The molecule has 1 N–H and O–H groups in total. The van der Waals surface area contributed by atoms with Gasteiger partial charge in [-0.2, -0.15) is 11.8 Å². The van der Waals surface area contributed by atoms with Crippen molar-refractivity contribution in [2.75, 3.05) is 11.5 Å². The van der Waals surface area contributed by atoms with Crippen LogP contribution in [0.15, 0.2) is 12.2 Å². The second-order valence-electron chi connectivity index (χ2n) is 4.90. The molecule has 1 aliphatic heterocycles. The second kappa shape index (κ2) is 3.90. The molecular weight excluding hydrogens is 190 g/mol. The number of allylic oxidation sites excluding steroid dienone is 1. The SMILES string of the molecule is C1=CC2C(C1)CC2NC1CCSCC1. The smallest absolute Gasteiger partial charge is 0.0138 e. The Morgan fingerprint density at radius 3 is 2.86 bits per heavy atom. The van der Waals surface area contributed by atoms with Crippen LogP contribution >= 0.6 is 11.8 Å². The quantitative estimate of drug-likeness (QED) is 0.701. The van der Waals surface area contributed by atoms with Gasteiger partial charge in [0.15, 0.2) is 0 Å². The summed E-state index contributed by atoms with van der Waals surface area (Å²) in [5, 5.41) is 3.86. The highest BCUT2D eigenvalue weighted by Gasteiger charge is 2.41. The van der Waals surface area contributed by atoms with Crippen molar-refractivity contribution in [3.63, 3.8) is 0 Å². The number of hydrogen-bond acceptors (Lipinski definition) is 2. The average molecular weight is 209 g/mol. The van der Waals surface area contributed by atoms with Crippen LogP contribution < -0.4 is 5.32 Å². The van der Waals surface area contributed by atoms with E-state index in [4.69, 9.17) is 0 Å². The maximum absolute atomic E-state index is 3.86. The van der Waals surface area contributed by atoms with E-state index in [0.717, 1.165) is 23.9 Å². The maximum atomic E-state index is 3.86. The molecule has 3 unspecified atom stereocenters. The van der Waals surface area contributed by atoms with Crippen molar-refractivity contribution in [3.05, 3.63) is 12.2 Å². The van der Waals surface area contributed by atoms with Crippen molar-refractivity contribution in [1.82, 2.24) is 5.32 Å². The van der Waals surface area contributed by atoms with E-state index in [0.29, 0.717) is 0 Å². The van der Waals surface area contributed by atoms with Crippen LogP contribution in [-0.2, 0) is 0 Å². The van der Waals surface area contributed by atoms with Gasteiger partial charge in [0.1, 0.15) is 0 Å². The molecule has 0 aromatic heterocycles. The van der Waals surface area contributed by atoms with E-state index < -0.39 is 0 Å². The van der Waals surface area contributed by atoms with E-state index in [1.165, 1.54) is 37.2 Å². The van der Waals surface area contributed by atoms with E-state index in [1.807, 2.05) is 0 Å². The molecule has 3 rings (SSSR count). The van der Waals surface area contributed by atoms with Gasteiger partial charge in [0.05, 0.1) is 0 Å². The predicted octanol–water partition coefficient (Wildman–Crippen LogP) is 2.44. The molecule has 1 saturated carbocycles. The van der Waals surface area contributed by atoms with Crippen LogP contribution in [-0.4, -0.2) is 23.6 Å². The fourth-order valence-corrected chi connectivity index (χ4v) is 4.18. The summed E-state index contributed by atoms with van der Waals surface area (Å²) >= 11 is 2.12. The lowest BCUT2D eigenvalue weighted by molar-refractivity contribution is 0.147. The Morgan fingerprint density at radius 2 is 2.07 bits per heavy atom. The van der Waals surface area contributed by atoms with Crippen LogP contribution in [0, 0.1) is 11.8 Å². The normalized spacial score (nSPS) is 42.1. The van der Waals surface area contributed by atoms with E-state index in [2.05, 4.69) is 29.2 Å².